The van der Waals surface area contributed by atoms with E-state index in [4.69, 9.17) is 32.9 Å². The molecule has 28 heavy (non-hydrogen) atoms. The largest absolute Gasteiger partial charge is 0.378 e. The third-order valence-corrected chi connectivity index (χ3v) is 6.95. The van der Waals surface area contributed by atoms with E-state index in [1.807, 2.05) is 13.8 Å². The average molecular weight is 422 g/mol. The summed E-state index contributed by atoms with van der Waals surface area (Å²) in [4.78, 5) is 20.2. The van der Waals surface area contributed by atoms with E-state index in [1.54, 1.807) is 22.8 Å². The van der Waals surface area contributed by atoms with Crippen LogP contribution in [0.4, 0.5) is 5.82 Å². The van der Waals surface area contributed by atoms with Crippen molar-refractivity contribution in [1.82, 2.24) is 9.55 Å². The second-order valence-electron chi connectivity index (χ2n) is 8.13. The van der Waals surface area contributed by atoms with E-state index in [9.17, 15) is 4.79 Å². The summed E-state index contributed by atoms with van der Waals surface area (Å²) in [6.07, 6.45) is 3.61. The summed E-state index contributed by atoms with van der Waals surface area (Å²) in [5, 5.41) is 0.778. The van der Waals surface area contributed by atoms with Gasteiger partial charge in [-0.3, -0.25) is 9.36 Å². The van der Waals surface area contributed by atoms with Crippen molar-refractivity contribution in [2.75, 3.05) is 24.6 Å². The zero-order valence-corrected chi connectivity index (χ0v) is 18.0. The second-order valence-corrected chi connectivity index (χ2v) is 8.92. The maximum atomic E-state index is 13.2. The van der Waals surface area contributed by atoms with Gasteiger partial charge in [-0.1, -0.05) is 29.3 Å². The predicted octanol–water partition coefficient (Wildman–Crippen LogP) is 4.55. The minimum absolute atomic E-state index is 0.107. The molecule has 0 radical (unpaired) electrons. The molecule has 1 aromatic heterocycles. The molecule has 2 fully saturated rings. The molecule has 2 aliphatic rings. The highest BCUT2D eigenvalue weighted by Gasteiger charge is 2.41. The number of ether oxygens (including phenoxy) is 1. The Labute approximate surface area is 175 Å². The van der Waals surface area contributed by atoms with Crippen LogP contribution in [-0.2, 0) is 4.74 Å². The van der Waals surface area contributed by atoms with Crippen molar-refractivity contribution in [2.45, 2.75) is 46.1 Å². The zero-order chi connectivity index (χ0) is 20.1. The van der Waals surface area contributed by atoms with Gasteiger partial charge in [0.05, 0.1) is 34.0 Å². The number of rotatable bonds is 2. The SMILES string of the molecule is Cc1c(N2CCC3(CC2)CO[C@H](C)C3)nc(C)n(-c2cccc(Cl)c2Cl)c1=O. The van der Waals surface area contributed by atoms with Gasteiger partial charge in [-0.15, -0.1) is 0 Å². The van der Waals surface area contributed by atoms with E-state index in [0.29, 0.717) is 38.6 Å². The molecule has 5 nitrogen and oxygen atoms in total. The van der Waals surface area contributed by atoms with Crippen molar-refractivity contribution < 1.29 is 4.74 Å². The molecule has 3 heterocycles. The fourth-order valence-electron chi connectivity index (χ4n) is 4.54. The summed E-state index contributed by atoms with van der Waals surface area (Å²) < 4.78 is 7.37. The number of aromatic nitrogens is 2. The van der Waals surface area contributed by atoms with Gasteiger partial charge < -0.3 is 9.64 Å². The Bertz CT molecular complexity index is 965. The van der Waals surface area contributed by atoms with Crippen LogP contribution in [0.3, 0.4) is 0 Å². The van der Waals surface area contributed by atoms with Gasteiger partial charge in [0.15, 0.2) is 0 Å². The first kappa shape index (κ1) is 19.7. The van der Waals surface area contributed by atoms with Crippen LogP contribution < -0.4 is 10.5 Å². The van der Waals surface area contributed by atoms with Crippen molar-refractivity contribution in [3.63, 3.8) is 0 Å². The number of aryl methyl sites for hydroxylation is 1. The molecular weight excluding hydrogens is 397 g/mol. The van der Waals surface area contributed by atoms with Gasteiger partial charge in [-0.05, 0) is 57.6 Å². The summed E-state index contributed by atoms with van der Waals surface area (Å²) >= 11 is 12.5. The highest BCUT2D eigenvalue weighted by molar-refractivity contribution is 6.43. The van der Waals surface area contributed by atoms with E-state index in [0.717, 1.165) is 44.8 Å². The molecule has 4 rings (SSSR count). The van der Waals surface area contributed by atoms with Crippen molar-refractivity contribution in [3.8, 4) is 5.69 Å². The van der Waals surface area contributed by atoms with Crippen LogP contribution in [-0.4, -0.2) is 35.4 Å². The van der Waals surface area contributed by atoms with Gasteiger partial charge in [0, 0.05) is 13.1 Å². The summed E-state index contributed by atoms with van der Waals surface area (Å²) in [7, 11) is 0. The third-order valence-electron chi connectivity index (χ3n) is 6.14. The lowest BCUT2D eigenvalue weighted by Crippen LogP contribution is -2.42. The molecule has 0 unspecified atom stereocenters. The molecule has 0 saturated carbocycles. The van der Waals surface area contributed by atoms with E-state index in [1.165, 1.54) is 0 Å². The number of hydrogen-bond acceptors (Lipinski definition) is 4. The van der Waals surface area contributed by atoms with Crippen LogP contribution in [0.2, 0.25) is 10.0 Å². The maximum Gasteiger partial charge on any atom is 0.263 e. The number of piperidine rings is 1. The van der Waals surface area contributed by atoms with Gasteiger partial charge in [-0.25, -0.2) is 4.98 Å². The van der Waals surface area contributed by atoms with Crippen molar-refractivity contribution in [2.24, 2.45) is 5.41 Å². The fourth-order valence-corrected chi connectivity index (χ4v) is 4.92. The molecule has 7 heteroatoms. The summed E-state index contributed by atoms with van der Waals surface area (Å²) in [5.74, 6) is 1.38. The van der Waals surface area contributed by atoms with Gasteiger partial charge in [0.1, 0.15) is 11.6 Å². The molecule has 0 amide bonds. The first-order chi connectivity index (χ1) is 13.3. The molecule has 1 spiro atoms. The highest BCUT2D eigenvalue weighted by atomic mass is 35.5. The monoisotopic (exact) mass is 421 g/mol. The van der Waals surface area contributed by atoms with Crippen LogP contribution in [0, 0.1) is 19.3 Å². The normalized spacial score (nSPS) is 21.5. The molecule has 1 atom stereocenters. The molecule has 150 valence electrons. The lowest BCUT2D eigenvalue weighted by molar-refractivity contribution is 0.0975. The Morgan fingerprint density at radius 3 is 2.57 bits per heavy atom. The van der Waals surface area contributed by atoms with E-state index < -0.39 is 0 Å². The van der Waals surface area contributed by atoms with Crippen LogP contribution in [0.1, 0.15) is 37.6 Å². The minimum Gasteiger partial charge on any atom is -0.378 e. The topological polar surface area (TPSA) is 47.4 Å². The lowest BCUT2D eigenvalue weighted by atomic mass is 9.77. The Morgan fingerprint density at radius 1 is 1.21 bits per heavy atom. The summed E-state index contributed by atoms with van der Waals surface area (Å²) in [6, 6.07) is 5.28. The molecule has 0 bridgehead atoms. The van der Waals surface area contributed by atoms with Gasteiger partial charge in [-0.2, -0.15) is 0 Å². The molecule has 1 aromatic carbocycles. The van der Waals surface area contributed by atoms with Crippen molar-refractivity contribution in [1.29, 1.82) is 0 Å². The quantitative estimate of drug-likeness (QED) is 0.713. The molecule has 2 aromatic rings. The summed E-state index contributed by atoms with van der Waals surface area (Å²) in [5.41, 5.74) is 1.38. The number of anilines is 1. The first-order valence-electron chi connectivity index (χ1n) is 9.72. The standard InChI is InChI=1S/C21H25Cl2N3O2/c1-13-11-21(12-28-13)7-9-25(10-8-21)19-14(2)20(27)26(15(3)24-19)17-6-4-5-16(22)18(17)23/h4-6,13H,7-12H2,1-3H3/t13-/m1/s1. The number of halogens is 2. The van der Waals surface area contributed by atoms with E-state index in [2.05, 4.69) is 11.8 Å². The minimum atomic E-state index is -0.107. The Balaban J connectivity index is 1.66. The van der Waals surface area contributed by atoms with Crippen LogP contribution in [0.15, 0.2) is 23.0 Å². The maximum absolute atomic E-state index is 13.2. The molecule has 2 saturated heterocycles. The van der Waals surface area contributed by atoms with E-state index >= 15 is 0 Å². The number of benzene rings is 1. The van der Waals surface area contributed by atoms with Crippen LogP contribution >= 0.6 is 23.2 Å². The van der Waals surface area contributed by atoms with E-state index in [-0.39, 0.29) is 5.56 Å². The molecular formula is C21H25Cl2N3O2. The average Bonchev–Trinajstić information content (AvgIpc) is 3.03. The van der Waals surface area contributed by atoms with Crippen molar-refractivity contribution in [3.05, 3.63) is 50.0 Å². The smallest absolute Gasteiger partial charge is 0.263 e. The second kappa shape index (κ2) is 7.36. The third kappa shape index (κ3) is 3.34. The molecule has 0 aliphatic carbocycles. The molecule has 0 N–H and O–H groups in total. The molecule has 2 aliphatic heterocycles. The van der Waals surface area contributed by atoms with Gasteiger partial charge in [0.25, 0.3) is 5.56 Å². The number of nitrogens with zero attached hydrogens (tertiary/aromatic N) is 3. The summed E-state index contributed by atoms with van der Waals surface area (Å²) in [6.45, 7) is 8.46. The van der Waals surface area contributed by atoms with Crippen molar-refractivity contribution >= 4 is 29.0 Å². The zero-order valence-electron chi connectivity index (χ0n) is 16.5. The van der Waals surface area contributed by atoms with Gasteiger partial charge in [0.2, 0.25) is 0 Å². The Kier molecular flexibility index (Phi) is 5.19. The highest BCUT2D eigenvalue weighted by Crippen LogP contribution is 2.42. The Morgan fingerprint density at radius 2 is 1.93 bits per heavy atom. The predicted molar refractivity (Wildman–Crippen MR) is 113 cm³/mol. The van der Waals surface area contributed by atoms with Gasteiger partial charge >= 0.3 is 0 Å². The lowest BCUT2D eigenvalue weighted by Gasteiger charge is -2.39. The fraction of sp³-hybridized carbons (Fsp3) is 0.524. The van der Waals surface area contributed by atoms with Crippen LogP contribution in [0.25, 0.3) is 5.69 Å². The number of hydrogen-bond donors (Lipinski definition) is 0. The van der Waals surface area contributed by atoms with Crippen LogP contribution in [0.5, 0.6) is 0 Å². The first-order valence-corrected chi connectivity index (χ1v) is 10.5. The Hall–Kier alpha value is -1.56.